The van der Waals surface area contributed by atoms with E-state index in [1.807, 2.05) is 0 Å². The van der Waals surface area contributed by atoms with Gasteiger partial charge in [-0.3, -0.25) is 38.4 Å². The van der Waals surface area contributed by atoms with Gasteiger partial charge in [0.15, 0.2) is 24.3 Å². The van der Waals surface area contributed by atoms with Gasteiger partial charge < -0.3 is 43.6 Å². The zero-order chi connectivity index (χ0) is 39.8. The molecule has 1 saturated heterocycles. The third-order valence-electron chi connectivity index (χ3n) is 9.10. The SMILES string of the molecule is COc1cccc2c1C(=O)c1c(OC(C)=O)c3c(c(OC(C)=O)c1C2=O)C[C@@](OC(C)=O)(C(=O)COC(C)=O)C[C@@H]3OC1CC(N)C(OC(C)=O)C(C)O1. The molecule has 3 aliphatic rings. The summed E-state index contributed by atoms with van der Waals surface area (Å²) in [6.07, 6.45) is -5.72. The average molecular weight is 754 g/mol. The first-order valence-electron chi connectivity index (χ1n) is 16.8. The molecular weight excluding hydrogens is 714 g/mol. The van der Waals surface area contributed by atoms with Gasteiger partial charge in [0.05, 0.1) is 36.0 Å². The smallest absolute Gasteiger partial charge is 0.308 e. The summed E-state index contributed by atoms with van der Waals surface area (Å²) in [6.45, 7) is 6.10. The second kappa shape index (κ2) is 15.5. The van der Waals surface area contributed by atoms with Crippen molar-refractivity contribution in [3.63, 3.8) is 0 Å². The predicted molar refractivity (Wildman–Crippen MR) is 180 cm³/mol. The molecule has 0 radical (unpaired) electrons. The molecule has 54 heavy (non-hydrogen) atoms. The van der Waals surface area contributed by atoms with E-state index in [1.54, 1.807) is 6.92 Å². The van der Waals surface area contributed by atoms with E-state index in [0.29, 0.717) is 0 Å². The van der Waals surface area contributed by atoms with Crippen molar-refractivity contribution in [1.82, 2.24) is 0 Å². The van der Waals surface area contributed by atoms with Gasteiger partial charge in [-0.25, -0.2) is 0 Å². The Morgan fingerprint density at radius 2 is 1.50 bits per heavy atom. The van der Waals surface area contributed by atoms with E-state index >= 15 is 0 Å². The fourth-order valence-electron chi connectivity index (χ4n) is 7.13. The van der Waals surface area contributed by atoms with E-state index in [4.69, 9.17) is 43.6 Å². The van der Waals surface area contributed by atoms with Gasteiger partial charge >= 0.3 is 29.8 Å². The van der Waals surface area contributed by atoms with Gasteiger partial charge in [-0.15, -0.1) is 0 Å². The molecule has 2 aromatic carbocycles. The summed E-state index contributed by atoms with van der Waals surface area (Å²) in [5.74, 6) is -7.76. The third kappa shape index (κ3) is 7.60. The van der Waals surface area contributed by atoms with Gasteiger partial charge in [-0.05, 0) is 13.0 Å². The van der Waals surface area contributed by atoms with Gasteiger partial charge in [0, 0.05) is 76.6 Å². The molecule has 1 fully saturated rings. The van der Waals surface area contributed by atoms with Crippen LogP contribution in [0.1, 0.15) is 103 Å². The van der Waals surface area contributed by atoms with Crippen molar-refractivity contribution in [2.45, 2.75) is 97.0 Å². The first-order valence-corrected chi connectivity index (χ1v) is 16.8. The standard InChI is InChI=1S/C37H39NO16/c1-15-34(50-17(3)40)23(38)11-27(49-15)53-25-13-37(54-20(6)43,26(44)14-48-16(2)39)12-22-29(25)36(52-19(5)42)31-30(35(22)51-18(4)41)32(45)21-9-8-10-24(47-7)28(21)33(31)46/h8-10,15,23,25,27,34H,11-14,38H2,1-7H3/t15?,23?,25-,27?,34?,37-/m0/s1. The van der Waals surface area contributed by atoms with Gasteiger partial charge in [0.1, 0.15) is 23.4 Å². The maximum Gasteiger partial charge on any atom is 0.308 e. The number of Topliss-reactive ketones (excluding diaryl/α,β-unsaturated/α-hetero) is 1. The molecule has 288 valence electrons. The van der Waals surface area contributed by atoms with Crippen LogP contribution in [0.25, 0.3) is 0 Å². The van der Waals surface area contributed by atoms with Gasteiger partial charge in [-0.1, -0.05) is 12.1 Å². The number of ketones is 3. The van der Waals surface area contributed by atoms with Crippen LogP contribution in [0.5, 0.6) is 17.2 Å². The molecule has 0 saturated carbocycles. The Morgan fingerprint density at radius 1 is 0.852 bits per heavy atom. The Kier molecular flexibility index (Phi) is 11.4. The highest BCUT2D eigenvalue weighted by Gasteiger charge is 2.54. The highest BCUT2D eigenvalue weighted by molar-refractivity contribution is 6.31. The number of fused-ring (bicyclic) bond motifs is 3. The summed E-state index contributed by atoms with van der Waals surface area (Å²) in [5.41, 5.74) is 2.64. The summed E-state index contributed by atoms with van der Waals surface area (Å²) < 4.78 is 45.4. The van der Waals surface area contributed by atoms with E-state index in [0.717, 1.165) is 27.7 Å². The highest BCUT2D eigenvalue weighted by atomic mass is 16.7. The van der Waals surface area contributed by atoms with E-state index < -0.39 is 126 Å². The van der Waals surface area contributed by atoms with E-state index in [1.165, 1.54) is 32.2 Å². The Hall–Kier alpha value is -5.52. The number of methoxy groups -OCH3 is 1. The molecule has 0 bridgehead atoms. The highest BCUT2D eigenvalue weighted by Crippen LogP contribution is 2.54. The fourth-order valence-corrected chi connectivity index (χ4v) is 7.13. The van der Waals surface area contributed by atoms with Crippen LogP contribution in [0.2, 0.25) is 0 Å². The Bertz CT molecular complexity index is 1960. The predicted octanol–water partition coefficient (Wildman–Crippen LogP) is 2.15. The molecule has 5 rings (SSSR count). The molecule has 2 aromatic rings. The second-order valence-corrected chi connectivity index (χ2v) is 13.1. The van der Waals surface area contributed by atoms with E-state index in [-0.39, 0.29) is 34.4 Å². The minimum Gasteiger partial charge on any atom is -0.496 e. The van der Waals surface area contributed by atoms with Crippen LogP contribution in [0, 0.1) is 0 Å². The zero-order valence-corrected chi connectivity index (χ0v) is 30.6. The first kappa shape index (κ1) is 39.7. The molecular formula is C37H39NO16. The summed E-state index contributed by atoms with van der Waals surface area (Å²) in [7, 11) is 1.29. The quantitative estimate of drug-likeness (QED) is 0.177. The maximum absolute atomic E-state index is 14.5. The summed E-state index contributed by atoms with van der Waals surface area (Å²) >= 11 is 0. The summed E-state index contributed by atoms with van der Waals surface area (Å²) in [6, 6.07) is 3.45. The van der Waals surface area contributed by atoms with Crippen molar-refractivity contribution in [1.29, 1.82) is 0 Å². The van der Waals surface area contributed by atoms with Gasteiger partial charge in [-0.2, -0.15) is 0 Å². The fraction of sp³-hybridized carbons (Fsp3) is 0.459. The van der Waals surface area contributed by atoms with Crippen molar-refractivity contribution in [2.24, 2.45) is 5.73 Å². The number of ether oxygens (including phenoxy) is 8. The lowest BCUT2D eigenvalue weighted by atomic mass is 9.71. The molecule has 0 spiro atoms. The van der Waals surface area contributed by atoms with Crippen molar-refractivity contribution in [2.75, 3.05) is 13.7 Å². The van der Waals surface area contributed by atoms with Crippen molar-refractivity contribution >= 4 is 47.2 Å². The Labute approximate surface area is 308 Å². The van der Waals surface area contributed by atoms with Crippen molar-refractivity contribution in [3.8, 4) is 17.2 Å². The molecule has 17 heteroatoms. The van der Waals surface area contributed by atoms with E-state index in [9.17, 15) is 38.4 Å². The number of carbonyl (C=O) groups excluding carboxylic acids is 8. The van der Waals surface area contributed by atoms with Crippen LogP contribution in [-0.2, 0) is 58.9 Å². The topological polar surface area (TPSA) is 236 Å². The molecule has 0 aromatic heterocycles. The first-order chi connectivity index (χ1) is 25.4. The number of hydrogen-bond donors (Lipinski definition) is 1. The monoisotopic (exact) mass is 753 g/mol. The number of rotatable bonds is 10. The van der Waals surface area contributed by atoms with Gasteiger partial charge in [0.25, 0.3) is 0 Å². The van der Waals surface area contributed by atoms with Crippen LogP contribution in [-0.4, -0.2) is 91.1 Å². The molecule has 2 N–H and O–H groups in total. The lowest BCUT2D eigenvalue weighted by Gasteiger charge is -2.44. The zero-order valence-electron chi connectivity index (χ0n) is 30.6. The number of carbonyl (C=O) groups is 8. The van der Waals surface area contributed by atoms with Crippen molar-refractivity contribution in [3.05, 3.63) is 51.6 Å². The Morgan fingerprint density at radius 3 is 2.07 bits per heavy atom. The van der Waals surface area contributed by atoms with Crippen LogP contribution >= 0.6 is 0 Å². The van der Waals surface area contributed by atoms with Crippen molar-refractivity contribution < 1.29 is 76.3 Å². The Balaban J connectivity index is 1.83. The molecule has 0 amide bonds. The summed E-state index contributed by atoms with van der Waals surface area (Å²) in [4.78, 5) is 105. The number of benzene rings is 2. The maximum atomic E-state index is 14.5. The lowest BCUT2D eigenvalue weighted by Crippen LogP contribution is -2.55. The van der Waals surface area contributed by atoms with E-state index in [2.05, 4.69) is 0 Å². The third-order valence-corrected chi connectivity index (χ3v) is 9.10. The largest absolute Gasteiger partial charge is 0.496 e. The van der Waals surface area contributed by atoms with Gasteiger partial charge in [0.2, 0.25) is 11.6 Å². The molecule has 1 heterocycles. The number of nitrogens with two attached hydrogens (primary N) is 1. The summed E-state index contributed by atoms with van der Waals surface area (Å²) in [5, 5.41) is 0. The normalized spacial score (nSPS) is 24.2. The number of esters is 5. The van der Waals surface area contributed by atoms with Crippen LogP contribution in [0.4, 0.5) is 0 Å². The van der Waals surface area contributed by atoms with Crippen LogP contribution < -0.4 is 19.9 Å². The number of hydrogen-bond acceptors (Lipinski definition) is 17. The minimum atomic E-state index is -2.22. The lowest BCUT2D eigenvalue weighted by molar-refractivity contribution is -0.251. The minimum absolute atomic E-state index is 0.0238. The molecule has 17 nitrogen and oxygen atoms in total. The molecule has 2 aliphatic carbocycles. The van der Waals surface area contributed by atoms with Crippen LogP contribution in [0.3, 0.4) is 0 Å². The van der Waals surface area contributed by atoms with Crippen LogP contribution in [0.15, 0.2) is 18.2 Å². The second-order valence-electron chi connectivity index (χ2n) is 13.1. The molecule has 6 atom stereocenters. The average Bonchev–Trinajstić information content (AvgIpc) is 3.07. The molecule has 4 unspecified atom stereocenters. The molecule has 1 aliphatic heterocycles.